The number of nitrogens with zero attached hydrogens (tertiary/aromatic N) is 1. The molecule has 1 amide bonds. The van der Waals surface area contributed by atoms with Crippen LogP contribution in [0.25, 0.3) is 0 Å². The van der Waals surface area contributed by atoms with E-state index in [1.165, 1.54) is 6.26 Å². The molecule has 1 aromatic carbocycles. The molecule has 106 valence electrons. The van der Waals surface area contributed by atoms with E-state index in [4.69, 9.17) is 4.42 Å². The van der Waals surface area contributed by atoms with Crippen LogP contribution in [0.15, 0.2) is 71.5 Å². The Balaban J connectivity index is 1.76. The molecule has 1 N–H and O–H groups in total. The molecule has 0 aliphatic rings. The van der Waals surface area contributed by atoms with Crippen molar-refractivity contribution in [1.29, 1.82) is 0 Å². The zero-order valence-electron chi connectivity index (χ0n) is 11.6. The van der Waals surface area contributed by atoms with Crippen LogP contribution in [0, 0.1) is 11.8 Å². The predicted molar refractivity (Wildman–Crippen MR) is 83.3 cm³/mol. The number of aromatic nitrogens is 1. The molecule has 4 heteroatoms. The minimum absolute atomic E-state index is 0.268. The van der Waals surface area contributed by atoms with Gasteiger partial charge >= 0.3 is 0 Å². The van der Waals surface area contributed by atoms with Crippen molar-refractivity contribution in [3.05, 3.63) is 84.1 Å². The number of hydrogen-bond donors (Lipinski definition) is 1. The van der Waals surface area contributed by atoms with Gasteiger partial charge in [-0.05, 0) is 48.4 Å². The predicted octanol–water partition coefficient (Wildman–Crippen LogP) is 3.33. The number of carbonyl (C=O) groups excluding carboxylic acids is 1. The molecule has 0 unspecified atom stereocenters. The van der Waals surface area contributed by atoms with Crippen LogP contribution in [0.5, 0.6) is 0 Å². The second-order valence-corrected chi connectivity index (χ2v) is 4.48. The van der Waals surface area contributed by atoms with Crippen LogP contribution >= 0.6 is 0 Å². The summed E-state index contributed by atoms with van der Waals surface area (Å²) in [4.78, 5) is 16.1. The first-order chi connectivity index (χ1) is 10.8. The fourth-order valence-corrected chi connectivity index (χ4v) is 1.85. The number of nitrogens with one attached hydrogen (secondary N) is 1. The van der Waals surface area contributed by atoms with Gasteiger partial charge in [-0.15, -0.1) is 0 Å². The largest absolute Gasteiger partial charge is 0.459 e. The Labute approximate surface area is 127 Å². The zero-order chi connectivity index (χ0) is 15.2. The molecular weight excluding hydrogens is 276 g/mol. The summed E-state index contributed by atoms with van der Waals surface area (Å²) in [5, 5.41) is 2.77. The second kappa shape index (κ2) is 6.42. The van der Waals surface area contributed by atoms with Gasteiger partial charge in [0.25, 0.3) is 5.91 Å². The van der Waals surface area contributed by atoms with E-state index in [1.54, 1.807) is 30.5 Å². The van der Waals surface area contributed by atoms with Crippen molar-refractivity contribution < 1.29 is 9.21 Å². The van der Waals surface area contributed by atoms with Crippen LogP contribution < -0.4 is 5.32 Å². The molecule has 4 nitrogen and oxygen atoms in total. The van der Waals surface area contributed by atoms with E-state index >= 15 is 0 Å². The summed E-state index contributed by atoms with van der Waals surface area (Å²) in [6, 6.07) is 16.2. The van der Waals surface area contributed by atoms with Gasteiger partial charge in [0, 0.05) is 17.4 Å². The number of furan rings is 1. The molecule has 0 bridgehead atoms. The van der Waals surface area contributed by atoms with Gasteiger partial charge < -0.3 is 9.73 Å². The Morgan fingerprint density at radius 2 is 2.00 bits per heavy atom. The SMILES string of the molecule is O=C(Nc1cccc(C#Cc2ccccn2)c1)c1ccco1. The highest BCUT2D eigenvalue weighted by molar-refractivity contribution is 6.02. The molecular formula is C18H12N2O2. The first-order valence-electron chi connectivity index (χ1n) is 6.69. The first-order valence-corrected chi connectivity index (χ1v) is 6.69. The highest BCUT2D eigenvalue weighted by Crippen LogP contribution is 2.12. The van der Waals surface area contributed by atoms with Gasteiger partial charge in [-0.2, -0.15) is 0 Å². The van der Waals surface area contributed by atoms with Crippen LogP contribution in [0.3, 0.4) is 0 Å². The van der Waals surface area contributed by atoms with Gasteiger partial charge in [0.1, 0.15) is 5.69 Å². The molecule has 0 saturated heterocycles. The quantitative estimate of drug-likeness (QED) is 0.736. The van der Waals surface area contributed by atoms with E-state index in [0.717, 1.165) is 5.56 Å². The minimum Gasteiger partial charge on any atom is -0.459 e. The number of benzene rings is 1. The Kier molecular flexibility index (Phi) is 3.98. The molecule has 3 aromatic rings. The Morgan fingerprint density at radius 1 is 1.05 bits per heavy atom. The lowest BCUT2D eigenvalue weighted by atomic mass is 10.2. The number of anilines is 1. The third-order valence-corrected chi connectivity index (χ3v) is 2.87. The summed E-state index contributed by atoms with van der Waals surface area (Å²) in [5.74, 6) is 5.98. The third kappa shape index (κ3) is 3.41. The molecule has 0 fully saturated rings. The first kappa shape index (κ1) is 13.7. The van der Waals surface area contributed by atoms with Crippen LogP contribution in [-0.2, 0) is 0 Å². The number of rotatable bonds is 2. The normalized spacial score (nSPS) is 9.64. The van der Waals surface area contributed by atoms with Gasteiger partial charge in [-0.1, -0.05) is 18.1 Å². The smallest absolute Gasteiger partial charge is 0.291 e. The van der Waals surface area contributed by atoms with Crippen molar-refractivity contribution in [3.63, 3.8) is 0 Å². The van der Waals surface area contributed by atoms with E-state index in [-0.39, 0.29) is 11.7 Å². The van der Waals surface area contributed by atoms with Gasteiger partial charge in [0.05, 0.1) is 6.26 Å². The summed E-state index contributed by atoms with van der Waals surface area (Å²) in [5.41, 5.74) is 2.16. The molecule has 2 aromatic heterocycles. The van der Waals surface area contributed by atoms with Gasteiger partial charge in [0.15, 0.2) is 5.76 Å². The molecule has 0 spiro atoms. The maximum atomic E-state index is 11.9. The van der Waals surface area contributed by atoms with Crippen molar-refractivity contribution in [2.24, 2.45) is 0 Å². The minimum atomic E-state index is -0.292. The Hall–Kier alpha value is -3.32. The van der Waals surface area contributed by atoms with Crippen molar-refractivity contribution in [2.45, 2.75) is 0 Å². The average molecular weight is 288 g/mol. The van der Waals surface area contributed by atoms with Gasteiger partial charge in [-0.3, -0.25) is 4.79 Å². The van der Waals surface area contributed by atoms with Crippen molar-refractivity contribution in [2.75, 3.05) is 5.32 Å². The molecule has 2 heterocycles. The monoisotopic (exact) mass is 288 g/mol. The number of pyridine rings is 1. The highest BCUT2D eigenvalue weighted by atomic mass is 16.3. The molecule has 3 rings (SSSR count). The number of carbonyl (C=O) groups is 1. The van der Waals surface area contributed by atoms with Crippen LogP contribution in [0.1, 0.15) is 21.8 Å². The Bertz CT molecular complexity index is 828. The average Bonchev–Trinajstić information content (AvgIpc) is 3.09. The summed E-state index contributed by atoms with van der Waals surface area (Å²) in [7, 11) is 0. The van der Waals surface area contributed by atoms with E-state index in [9.17, 15) is 4.79 Å². The maximum absolute atomic E-state index is 11.9. The fraction of sp³-hybridized carbons (Fsp3) is 0. The highest BCUT2D eigenvalue weighted by Gasteiger charge is 2.08. The van der Waals surface area contributed by atoms with Crippen molar-refractivity contribution in [3.8, 4) is 11.8 Å². The zero-order valence-corrected chi connectivity index (χ0v) is 11.6. The molecule has 0 aliphatic heterocycles. The van der Waals surface area contributed by atoms with Crippen molar-refractivity contribution in [1.82, 2.24) is 4.98 Å². The molecule has 0 atom stereocenters. The molecule has 0 saturated carbocycles. The second-order valence-electron chi connectivity index (χ2n) is 4.48. The molecule has 0 radical (unpaired) electrons. The fourth-order valence-electron chi connectivity index (χ4n) is 1.85. The third-order valence-electron chi connectivity index (χ3n) is 2.87. The van der Waals surface area contributed by atoms with Gasteiger partial charge in [0.2, 0.25) is 0 Å². The molecule has 0 aliphatic carbocycles. The van der Waals surface area contributed by atoms with Crippen molar-refractivity contribution >= 4 is 11.6 Å². The van der Waals surface area contributed by atoms with E-state index in [1.807, 2.05) is 30.3 Å². The van der Waals surface area contributed by atoms with E-state index in [2.05, 4.69) is 22.1 Å². The molecule has 22 heavy (non-hydrogen) atoms. The van der Waals surface area contributed by atoms with E-state index < -0.39 is 0 Å². The summed E-state index contributed by atoms with van der Waals surface area (Å²) >= 11 is 0. The van der Waals surface area contributed by atoms with Crippen LogP contribution in [-0.4, -0.2) is 10.9 Å². The van der Waals surface area contributed by atoms with Gasteiger partial charge in [-0.25, -0.2) is 4.98 Å². The lowest BCUT2D eigenvalue weighted by molar-refractivity contribution is 0.0996. The van der Waals surface area contributed by atoms with E-state index in [0.29, 0.717) is 11.4 Å². The van der Waals surface area contributed by atoms with Crippen LogP contribution in [0.2, 0.25) is 0 Å². The Morgan fingerprint density at radius 3 is 2.77 bits per heavy atom. The summed E-state index contributed by atoms with van der Waals surface area (Å²) in [6.45, 7) is 0. The lowest BCUT2D eigenvalue weighted by Crippen LogP contribution is -2.10. The number of amides is 1. The lowest BCUT2D eigenvalue weighted by Gasteiger charge is -2.03. The topological polar surface area (TPSA) is 55.1 Å². The standard InChI is InChI=1S/C18H12N2O2/c21-18(17-8-4-12-22-17)20-16-7-3-5-14(13-16)9-10-15-6-1-2-11-19-15/h1-8,11-13H,(H,20,21). The maximum Gasteiger partial charge on any atom is 0.291 e. The van der Waals surface area contributed by atoms with Crippen LogP contribution in [0.4, 0.5) is 5.69 Å². The summed E-state index contributed by atoms with van der Waals surface area (Å²) < 4.78 is 5.05. The number of hydrogen-bond acceptors (Lipinski definition) is 3. The summed E-state index contributed by atoms with van der Waals surface area (Å²) in [6.07, 6.45) is 3.16.